The molecule has 0 aromatic heterocycles. The van der Waals surface area contributed by atoms with Crippen molar-refractivity contribution in [3.8, 4) is 0 Å². The average Bonchev–Trinajstić information content (AvgIpc) is 2.42. The molecule has 0 aliphatic carbocycles. The van der Waals surface area contributed by atoms with Gasteiger partial charge in [-0.15, -0.1) is 13.2 Å². The number of halogens is 1. The standard InChI is InChI=1S/C17H23BrN2/c1-4-10-19(3)13-17-16(12-20(17)11-5-2)14-6-8-15(18)9-7-14/h4-9,16-17H,1-2,10-13H2,3H3/t16-,17+/m1/s1. The first-order valence-corrected chi connectivity index (χ1v) is 7.85. The first-order chi connectivity index (χ1) is 9.65. The molecular weight excluding hydrogens is 312 g/mol. The van der Waals surface area contributed by atoms with Crippen molar-refractivity contribution in [3.63, 3.8) is 0 Å². The smallest absolute Gasteiger partial charge is 0.0307 e. The number of likely N-dealkylation sites (tertiary alicyclic amines) is 1. The van der Waals surface area contributed by atoms with E-state index in [1.54, 1.807) is 0 Å². The van der Waals surface area contributed by atoms with Crippen molar-refractivity contribution in [1.82, 2.24) is 9.80 Å². The maximum absolute atomic E-state index is 3.86. The van der Waals surface area contributed by atoms with Gasteiger partial charge in [-0.3, -0.25) is 4.90 Å². The van der Waals surface area contributed by atoms with Crippen molar-refractivity contribution in [3.05, 3.63) is 59.6 Å². The Bertz CT molecular complexity index is 455. The van der Waals surface area contributed by atoms with Gasteiger partial charge in [0.1, 0.15) is 0 Å². The molecule has 0 N–H and O–H groups in total. The summed E-state index contributed by atoms with van der Waals surface area (Å²) in [5.74, 6) is 0.621. The van der Waals surface area contributed by atoms with Gasteiger partial charge in [0.05, 0.1) is 0 Å². The van der Waals surface area contributed by atoms with E-state index in [1.165, 1.54) is 5.56 Å². The molecule has 0 spiro atoms. The molecule has 20 heavy (non-hydrogen) atoms. The molecule has 3 heteroatoms. The third kappa shape index (κ3) is 3.60. The highest BCUT2D eigenvalue weighted by Crippen LogP contribution is 2.35. The normalized spacial score (nSPS) is 22.6. The fourth-order valence-electron chi connectivity index (χ4n) is 2.90. The van der Waals surface area contributed by atoms with Crippen LogP contribution < -0.4 is 0 Å². The summed E-state index contributed by atoms with van der Waals surface area (Å²) in [6, 6.07) is 9.31. The molecule has 0 saturated carbocycles. The monoisotopic (exact) mass is 334 g/mol. The Balaban J connectivity index is 2.06. The second kappa shape index (κ2) is 7.21. The number of hydrogen-bond acceptors (Lipinski definition) is 2. The van der Waals surface area contributed by atoms with Gasteiger partial charge in [-0.2, -0.15) is 0 Å². The molecule has 1 saturated heterocycles. The van der Waals surface area contributed by atoms with E-state index in [-0.39, 0.29) is 0 Å². The van der Waals surface area contributed by atoms with E-state index in [0.29, 0.717) is 12.0 Å². The van der Waals surface area contributed by atoms with Crippen molar-refractivity contribution in [2.75, 3.05) is 33.2 Å². The minimum absolute atomic E-state index is 0.569. The molecule has 1 heterocycles. The maximum atomic E-state index is 3.86. The van der Waals surface area contributed by atoms with Crippen LogP contribution in [0.4, 0.5) is 0 Å². The van der Waals surface area contributed by atoms with Crippen LogP contribution in [0.25, 0.3) is 0 Å². The van der Waals surface area contributed by atoms with Crippen LogP contribution in [-0.2, 0) is 0 Å². The van der Waals surface area contributed by atoms with Gasteiger partial charge in [0.25, 0.3) is 0 Å². The first kappa shape index (κ1) is 15.5. The lowest BCUT2D eigenvalue weighted by Crippen LogP contribution is -2.58. The molecule has 0 bridgehead atoms. The SMILES string of the molecule is C=CCN(C)C[C@H]1[C@@H](c2ccc(Br)cc2)CN1CC=C. The van der Waals surface area contributed by atoms with Crippen molar-refractivity contribution >= 4 is 15.9 Å². The molecular formula is C17H23BrN2. The van der Waals surface area contributed by atoms with Gasteiger partial charge in [-0.25, -0.2) is 0 Å². The van der Waals surface area contributed by atoms with Crippen LogP contribution in [0.5, 0.6) is 0 Å². The van der Waals surface area contributed by atoms with Crippen molar-refractivity contribution in [1.29, 1.82) is 0 Å². The molecule has 0 radical (unpaired) electrons. The highest BCUT2D eigenvalue weighted by Gasteiger charge is 2.39. The van der Waals surface area contributed by atoms with Gasteiger partial charge in [-0.05, 0) is 24.7 Å². The lowest BCUT2D eigenvalue weighted by Gasteiger charge is -2.49. The van der Waals surface area contributed by atoms with Gasteiger partial charge in [0.2, 0.25) is 0 Å². The van der Waals surface area contributed by atoms with Crippen LogP contribution >= 0.6 is 15.9 Å². The quantitative estimate of drug-likeness (QED) is 0.704. The van der Waals surface area contributed by atoms with E-state index in [2.05, 4.69) is 70.2 Å². The molecule has 1 aliphatic heterocycles. The van der Waals surface area contributed by atoms with Crippen LogP contribution in [0.1, 0.15) is 11.5 Å². The summed E-state index contributed by atoms with van der Waals surface area (Å²) in [5.41, 5.74) is 1.44. The van der Waals surface area contributed by atoms with Gasteiger partial charge in [0.15, 0.2) is 0 Å². The number of benzene rings is 1. The highest BCUT2D eigenvalue weighted by molar-refractivity contribution is 9.10. The van der Waals surface area contributed by atoms with Gasteiger partial charge < -0.3 is 4.90 Å². The molecule has 1 aromatic carbocycles. The number of rotatable bonds is 7. The molecule has 2 rings (SSSR count). The number of nitrogens with zero attached hydrogens (tertiary/aromatic N) is 2. The predicted octanol–water partition coefficient (Wildman–Crippen LogP) is 3.52. The Hall–Kier alpha value is -0.900. The second-order valence-electron chi connectivity index (χ2n) is 5.48. The van der Waals surface area contributed by atoms with Crippen LogP contribution in [0.15, 0.2) is 54.0 Å². The van der Waals surface area contributed by atoms with Gasteiger partial charge >= 0.3 is 0 Å². The third-order valence-electron chi connectivity index (χ3n) is 3.97. The lowest BCUT2D eigenvalue weighted by atomic mass is 9.82. The van der Waals surface area contributed by atoms with Crippen LogP contribution in [0.3, 0.4) is 0 Å². The van der Waals surface area contributed by atoms with E-state index in [0.717, 1.165) is 30.7 Å². The summed E-state index contributed by atoms with van der Waals surface area (Å²) in [5, 5.41) is 0. The number of hydrogen-bond donors (Lipinski definition) is 0. The minimum atomic E-state index is 0.569. The average molecular weight is 335 g/mol. The highest BCUT2D eigenvalue weighted by atomic mass is 79.9. The molecule has 1 aliphatic rings. The topological polar surface area (TPSA) is 6.48 Å². The fraction of sp³-hybridized carbons (Fsp3) is 0.412. The predicted molar refractivity (Wildman–Crippen MR) is 90.1 cm³/mol. The Kier molecular flexibility index (Phi) is 5.58. The third-order valence-corrected chi connectivity index (χ3v) is 4.49. The molecule has 2 nitrogen and oxygen atoms in total. The molecule has 0 unspecified atom stereocenters. The summed E-state index contributed by atoms with van der Waals surface area (Å²) >= 11 is 3.50. The first-order valence-electron chi connectivity index (χ1n) is 7.05. The van der Waals surface area contributed by atoms with Crippen LogP contribution in [0, 0.1) is 0 Å². The van der Waals surface area contributed by atoms with Crippen LogP contribution in [0.2, 0.25) is 0 Å². The van der Waals surface area contributed by atoms with Gasteiger partial charge in [-0.1, -0.05) is 40.2 Å². The summed E-state index contributed by atoms with van der Waals surface area (Å²) < 4.78 is 1.14. The second-order valence-corrected chi connectivity index (χ2v) is 6.39. The van der Waals surface area contributed by atoms with Crippen molar-refractivity contribution in [2.24, 2.45) is 0 Å². The fourth-order valence-corrected chi connectivity index (χ4v) is 3.16. The summed E-state index contributed by atoms with van der Waals surface area (Å²) in [6.07, 6.45) is 3.96. The maximum Gasteiger partial charge on any atom is 0.0307 e. The van der Waals surface area contributed by atoms with E-state index in [9.17, 15) is 0 Å². The van der Waals surface area contributed by atoms with E-state index >= 15 is 0 Å². The Morgan fingerprint density at radius 2 is 2.00 bits per heavy atom. The minimum Gasteiger partial charge on any atom is -0.301 e. The zero-order valence-corrected chi connectivity index (χ0v) is 13.7. The largest absolute Gasteiger partial charge is 0.301 e. The zero-order chi connectivity index (χ0) is 14.5. The Morgan fingerprint density at radius 3 is 2.60 bits per heavy atom. The summed E-state index contributed by atoms with van der Waals surface area (Å²) in [4.78, 5) is 4.83. The summed E-state index contributed by atoms with van der Waals surface area (Å²) in [7, 11) is 2.16. The van der Waals surface area contributed by atoms with Crippen LogP contribution in [-0.4, -0.2) is 49.1 Å². The Labute approximate surface area is 130 Å². The number of likely N-dealkylation sites (N-methyl/N-ethyl adjacent to an activating group) is 1. The molecule has 2 atom stereocenters. The molecule has 1 aromatic rings. The lowest BCUT2D eigenvalue weighted by molar-refractivity contribution is 0.0497. The Morgan fingerprint density at radius 1 is 1.30 bits per heavy atom. The van der Waals surface area contributed by atoms with E-state index in [1.807, 2.05) is 12.2 Å². The van der Waals surface area contributed by atoms with Crippen molar-refractivity contribution < 1.29 is 0 Å². The van der Waals surface area contributed by atoms with E-state index < -0.39 is 0 Å². The van der Waals surface area contributed by atoms with Crippen molar-refractivity contribution in [2.45, 2.75) is 12.0 Å². The zero-order valence-electron chi connectivity index (χ0n) is 12.1. The van der Waals surface area contributed by atoms with Gasteiger partial charge in [0, 0.05) is 42.6 Å². The molecule has 0 amide bonds. The summed E-state index contributed by atoms with van der Waals surface area (Å²) in [6.45, 7) is 11.8. The van der Waals surface area contributed by atoms with E-state index in [4.69, 9.17) is 0 Å². The molecule has 108 valence electrons. The molecule has 1 fully saturated rings.